The fourth-order valence-corrected chi connectivity index (χ4v) is 89.8. The van der Waals surface area contributed by atoms with Crippen molar-refractivity contribution < 1.29 is 13.6 Å². The van der Waals surface area contributed by atoms with Crippen LogP contribution in [0.1, 0.15) is 9.67 Å². The predicted molar refractivity (Wildman–Crippen MR) is 143 cm³/mol. The zero-order valence-corrected chi connectivity index (χ0v) is 25.1. The van der Waals surface area contributed by atoms with Gasteiger partial charge in [-0.05, 0) is 51.7 Å². The number of thiophene rings is 1. The summed E-state index contributed by atoms with van der Waals surface area (Å²) in [5, 5.41) is -1.04. The van der Waals surface area contributed by atoms with Crippen LogP contribution in [0.15, 0.2) is 12.1 Å². The lowest BCUT2D eigenvalue weighted by Gasteiger charge is -2.27. The van der Waals surface area contributed by atoms with E-state index in [1.54, 1.807) is 0 Å². The minimum absolute atomic E-state index is 0.00370. The van der Waals surface area contributed by atoms with E-state index in [1.165, 1.54) is 0 Å². The molecule has 0 saturated heterocycles. The van der Waals surface area contributed by atoms with Crippen molar-refractivity contribution in [3.05, 3.63) is 33.7 Å². The minimum atomic E-state index is -0.819. The van der Waals surface area contributed by atoms with Gasteiger partial charge in [0.2, 0.25) is 0 Å². The third kappa shape index (κ3) is 7.65. The highest BCUT2D eigenvalue weighted by Gasteiger charge is 2.21. The average molecular weight is 589 g/mol. The number of rotatable bonds is 4. The van der Waals surface area contributed by atoms with Crippen LogP contribution in [-0.4, -0.2) is 5.24 Å². The molecule has 0 aliphatic rings. The van der Waals surface area contributed by atoms with E-state index >= 15 is 0 Å². The molecule has 1 nitrogen and oxygen atoms in total. The number of carbonyl (C=O) groups is 1. The summed E-state index contributed by atoms with van der Waals surface area (Å²) < 4.78 is 26.6. The summed E-state index contributed by atoms with van der Waals surface area (Å²) in [7, 11) is 17.7. The van der Waals surface area contributed by atoms with Crippen LogP contribution in [0, 0.1) is 11.6 Å². The van der Waals surface area contributed by atoms with Gasteiger partial charge in [-0.2, -0.15) is 0 Å². The van der Waals surface area contributed by atoms with E-state index in [-0.39, 0.29) is 47.9 Å². The molecule has 1 aromatic carbocycles. The molecule has 0 bridgehead atoms. The molecule has 16 heteroatoms. The Morgan fingerprint density at radius 3 is 1.72 bits per heavy atom. The smallest absolute Gasteiger partial charge is 0.263 e. The molecule has 0 aliphatic carbocycles. The number of carbonyl (C=O) groups excluding carboxylic acids is 1. The Kier molecular flexibility index (Phi) is 13.3. The minimum Gasteiger partial charge on any atom is -0.275 e. The van der Waals surface area contributed by atoms with Crippen LogP contribution in [0.25, 0.3) is 10.1 Å². The number of benzene rings is 1. The van der Waals surface area contributed by atoms with Crippen molar-refractivity contribution in [1.29, 1.82) is 0 Å². The van der Waals surface area contributed by atoms with Crippen LogP contribution in [0.5, 0.6) is 0 Å². The molecule has 1 aromatic heterocycles. The standard InChI is InChI=1S/C9H2Cl2F2OS.H12P10/c10-6-5-3(12)1-2-4(13)7(5)15-8(6)9(11)14;1-7(2)10(8(3)4)9(5)6/h1-2H;1-6H2. The van der Waals surface area contributed by atoms with Gasteiger partial charge in [0.15, 0.2) is 0 Å². The van der Waals surface area contributed by atoms with Gasteiger partial charge in [0.25, 0.3) is 5.24 Å². The molecule has 0 spiro atoms. The van der Waals surface area contributed by atoms with Gasteiger partial charge in [-0.1, -0.05) is 11.6 Å². The van der Waals surface area contributed by atoms with Crippen molar-refractivity contribution in [2.45, 2.75) is 0 Å². The maximum atomic E-state index is 13.3. The first-order valence-electron chi connectivity index (χ1n) is 5.93. The number of hydrogen-bond donors (Lipinski definition) is 0. The summed E-state index contributed by atoms with van der Waals surface area (Å²) in [5.41, 5.74) is 0. The van der Waals surface area contributed by atoms with Crippen molar-refractivity contribution in [2.24, 2.45) is 0 Å². The van der Waals surface area contributed by atoms with E-state index in [9.17, 15) is 13.6 Å². The molecule has 140 valence electrons. The fraction of sp³-hybridized carbons (Fsp3) is 0. The van der Waals surface area contributed by atoms with Gasteiger partial charge in [0.05, 0.1) is 15.1 Å². The normalized spacial score (nSPS) is 11.6. The maximum Gasteiger partial charge on any atom is 0.263 e. The van der Waals surface area contributed by atoms with Crippen molar-refractivity contribution in [2.75, 3.05) is 0 Å². The fourth-order valence-electron chi connectivity index (χ4n) is 1.58. The zero-order valence-electron chi connectivity index (χ0n) is 12.2. The first-order chi connectivity index (χ1) is 11.5. The SMILES string of the molecule is O=C(Cl)c1sc2c(F)ccc(F)c2c1Cl.PP(P)P(P(P)P)P(P)P. The van der Waals surface area contributed by atoms with Crippen LogP contribution < -0.4 is 0 Å². The number of hydrogen-bond acceptors (Lipinski definition) is 2. The van der Waals surface area contributed by atoms with E-state index < -0.39 is 16.9 Å². The third-order valence-corrected chi connectivity index (χ3v) is 54.0. The Balaban J connectivity index is 0.000000275. The van der Waals surface area contributed by atoms with E-state index in [1.807, 2.05) is 0 Å². The van der Waals surface area contributed by atoms with E-state index in [2.05, 4.69) is 53.6 Å². The van der Waals surface area contributed by atoms with E-state index in [0.717, 1.165) is 23.5 Å². The van der Waals surface area contributed by atoms with Gasteiger partial charge < -0.3 is 0 Å². The molecule has 0 fully saturated rings. The van der Waals surface area contributed by atoms with Gasteiger partial charge in [0, 0.05) is 0 Å². The monoisotopic (exact) mass is 588 g/mol. The van der Waals surface area contributed by atoms with Crippen LogP contribution in [0.2, 0.25) is 5.02 Å². The van der Waals surface area contributed by atoms with Crippen molar-refractivity contribution in [3.8, 4) is 0 Å². The molecular weight excluding hydrogens is 575 g/mol. The molecule has 25 heavy (non-hydrogen) atoms. The molecule has 0 saturated carbocycles. The average Bonchev–Trinajstić information content (AvgIpc) is 2.81. The molecule has 6 unspecified atom stereocenters. The third-order valence-electron chi connectivity index (χ3n) is 2.48. The van der Waals surface area contributed by atoms with Gasteiger partial charge in [-0.15, -0.1) is 64.9 Å². The molecule has 0 radical (unpaired) electrons. The quantitative estimate of drug-likeness (QED) is 0.257. The highest BCUT2D eigenvalue weighted by molar-refractivity contribution is 9.16. The summed E-state index contributed by atoms with van der Waals surface area (Å²) in [4.78, 5) is 10.9. The van der Waals surface area contributed by atoms with E-state index in [4.69, 9.17) is 23.2 Å². The lowest BCUT2D eigenvalue weighted by molar-refractivity contribution is 0.108. The first-order valence-corrected chi connectivity index (χ1v) is 24.7. The lowest BCUT2D eigenvalue weighted by Crippen LogP contribution is -1.83. The molecule has 2 rings (SSSR count). The first kappa shape index (κ1) is 26.6. The Labute approximate surface area is 177 Å². The van der Waals surface area contributed by atoms with Crippen LogP contribution in [0.4, 0.5) is 8.78 Å². The summed E-state index contributed by atoms with van der Waals surface area (Å²) >= 11 is 11.7. The summed E-state index contributed by atoms with van der Waals surface area (Å²) in [5.74, 6) is -1.29. The largest absolute Gasteiger partial charge is 0.275 e. The Morgan fingerprint density at radius 1 is 0.960 bits per heavy atom. The second-order valence-electron chi connectivity index (χ2n) is 4.16. The highest BCUT2D eigenvalue weighted by Crippen LogP contribution is 3.10. The van der Waals surface area contributed by atoms with Crippen molar-refractivity contribution in [1.82, 2.24) is 0 Å². The molecule has 0 N–H and O–H groups in total. The van der Waals surface area contributed by atoms with Crippen LogP contribution >= 0.6 is 116 Å². The predicted octanol–water partition coefficient (Wildman–Crippen LogP) is 9.61. The van der Waals surface area contributed by atoms with E-state index in [0.29, 0.717) is 0 Å². The van der Waals surface area contributed by atoms with Gasteiger partial charge in [-0.25, -0.2) is 8.78 Å². The molecule has 0 aliphatic heterocycles. The highest BCUT2D eigenvalue weighted by atomic mass is 35.5. The zero-order chi connectivity index (χ0) is 19.5. The molecule has 2 aromatic rings. The topological polar surface area (TPSA) is 17.1 Å². The van der Waals surface area contributed by atoms with Crippen LogP contribution in [0.3, 0.4) is 0 Å². The second-order valence-corrected chi connectivity index (χ2v) is 42.5. The molecule has 6 atom stereocenters. The maximum absolute atomic E-state index is 13.3. The van der Waals surface area contributed by atoms with Gasteiger partial charge in [0.1, 0.15) is 16.5 Å². The summed E-state index contributed by atoms with van der Waals surface area (Å²) in [6.07, 6.45) is 0. The van der Waals surface area contributed by atoms with Crippen molar-refractivity contribution >= 4 is 131 Å². The number of fused-ring (bicyclic) bond motifs is 1. The molecular formula is C9H14Cl2F2OP10S. The van der Waals surface area contributed by atoms with Gasteiger partial charge in [-0.3, -0.25) is 4.79 Å². The Bertz CT molecular complexity index is 739. The number of halogens is 4. The Morgan fingerprint density at radius 2 is 1.40 bits per heavy atom. The molecule has 0 amide bonds. The summed E-state index contributed by atoms with van der Waals surface area (Å²) in [6.45, 7) is 0.623. The molecule has 1 heterocycles. The lowest BCUT2D eigenvalue weighted by atomic mass is 10.2. The Hall–Kier alpha value is 3.59. The van der Waals surface area contributed by atoms with Crippen molar-refractivity contribution in [3.63, 3.8) is 0 Å². The van der Waals surface area contributed by atoms with Gasteiger partial charge >= 0.3 is 0 Å². The van der Waals surface area contributed by atoms with Crippen LogP contribution in [-0.2, 0) is 0 Å². The summed E-state index contributed by atoms with van der Waals surface area (Å²) in [6, 6.07) is 1.94. The second kappa shape index (κ2) is 12.4.